The van der Waals surface area contributed by atoms with E-state index in [0.717, 1.165) is 11.1 Å². The first-order chi connectivity index (χ1) is 9.09. The van der Waals surface area contributed by atoms with Crippen LogP contribution in [-0.4, -0.2) is 10.9 Å². The Morgan fingerprint density at radius 1 is 1.16 bits per heavy atom. The first-order valence-electron chi connectivity index (χ1n) is 6.10. The average Bonchev–Trinajstić information content (AvgIpc) is 2.39. The number of aryl methyl sites for hydroxylation is 1. The molecule has 0 aliphatic carbocycles. The van der Waals surface area contributed by atoms with Gasteiger partial charge in [0.05, 0.1) is 5.56 Å². The Labute approximate surface area is 112 Å². The Bertz CT molecular complexity index is 588. The number of hydrogen-bond donors (Lipinski definition) is 1. The van der Waals surface area contributed by atoms with Gasteiger partial charge in [-0.05, 0) is 31.0 Å². The quantitative estimate of drug-likeness (QED) is 0.852. The van der Waals surface area contributed by atoms with Crippen molar-refractivity contribution in [2.75, 3.05) is 0 Å². The minimum Gasteiger partial charge on any atom is -0.504 e. The van der Waals surface area contributed by atoms with E-state index in [-0.39, 0.29) is 17.1 Å². The maximum atomic E-state index is 11.4. The van der Waals surface area contributed by atoms with Crippen LogP contribution in [0.15, 0.2) is 42.5 Å². The van der Waals surface area contributed by atoms with Crippen LogP contribution < -0.4 is 4.74 Å². The number of Topliss-reactive ketones (excluding diaryl/α,β-unsaturated/α-hetero) is 1. The fraction of sp³-hybridized carbons (Fsp3) is 0.188. The standard InChI is InChI=1S/C16H16O3/c1-11-8-9-14(12(2)17)15(18)16(11)19-10-13-6-4-3-5-7-13/h3-9,18H,10H2,1-2H3. The molecule has 0 atom stereocenters. The molecule has 0 bridgehead atoms. The number of carbonyl (C=O) groups is 1. The van der Waals surface area contributed by atoms with Gasteiger partial charge in [-0.3, -0.25) is 4.79 Å². The van der Waals surface area contributed by atoms with Crippen LogP contribution in [0.4, 0.5) is 0 Å². The zero-order valence-electron chi connectivity index (χ0n) is 11.0. The maximum Gasteiger partial charge on any atom is 0.168 e. The van der Waals surface area contributed by atoms with E-state index in [0.29, 0.717) is 12.4 Å². The maximum absolute atomic E-state index is 11.4. The smallest absolute Gasteiger partial charge is 0.168 e. The van der Waals surface area contributed by atoms with Gasteiger partial charge in [-0.1, -0.05) is 36.4 Å². The van der Waals surface area contributed by atoms with Gasteiger partial charge in [0.1, 0.15) is 6.61 Å². The fourth-order valence-corrected chi connectivity index (χ4v) is 1.87. The SMILES string of the molecule is CC(=O)c1ccc(C)c(OCc2ccccc2)c1O. The molecule has 0 saturated heterocycles. The molecule has 0 radical (unpaired) electrons. The Morgan fingerprint density at radius 2 is 1.84 bits per heavy atom. The number of phenols is 1. The first kappa shape index (κ1) is 13.1. The summed E-state index contributed by atoms with van der Waals surface area (Å²) in [5, 5.41) is 10.1. The van der Waals surface area contributed by atoms with Crippen LogP contribution in [0.3, 0.4) is 0 Å². The normalized spacial score (nSPS) is 10.2. The summed E-state index contributed by atoms with van der Waals surface area (Å²) < 4.78 is 5.64. The van der Waals surface area contributed by atoms with Gasteiger partial charge in [-0.25, -0.2) is 0 Å². The van der Waals surface area contributed by atoms with Crippen LogP contribution in [0.25, 0.3) is 0 Å². The minimum atomic E-state index is -0.179. The summed E-state index contributed by atoms with van der Waals surface area (Å²) in [6.07, 6.45) is 0. The highest BCUT2D eigenvalue weighted by molar-refractivity contribution is 5.97. The number of benzene rings is 2. The van der Waals surface area contributed by atoms with E-state index in [1.54, 1.807) is 12.1 Å². The topological polar surface area (TPSA) is 46.5 Å². The monoisotopic (exact) mass is 256 g/mol. The first-order valence-corrected chi connectivity index (χ1v) is 6.10. The van der Waals surface area contributed by atoms with Gasteiger partial charge in [0.25, 0.3) is 0 Å². The van der Waals surface area contributed by atoms with E-state index in [2.05, 4.69) is 0 Å². The van der Waals surface area contributed by atoms with E-state index >= 15 is 0 Å². The summed E-state index contributed by atoms with van der Waals surface area (Å²) in [6, 6.07) is 13.1. The number of ketones is 1. The van der Waals surface area contributed by atoms with E-state index in [1.165, 1.54) is 6.92 Å². The van der Waals surface area contributed by atoms with Crippen molar-refractivity contribution in [3.63, 3.8) is 0 Å². The van der Waals surface area contributed by atoms with Gasteiger partial charge in [0.2, 0.25) is 0 Å². The number of hydrogen-bond acceptors (Lipinski definition) is 3. The third-order valence-electron chi connectivity index (χ3n) is 2.93. The molecule has 2 aromatic rings. The molecular formula is C16H16O3. The number of carbonyl (C=O) groups excluding carboxylic acids is 1. The van der Waals surface area contributed by atoms with Crippen molar-refractivity contribution in [1.82, 2.24) is 0 Å². The minimum absolute atomic E-state index is 0.0802. The largest absolute Gasteiger partial charge is 0.504 e. The molecule has 19 heavy (non-hydrogen) atoms. The molecule has 2 aromatic carbocycles. The molecular weight excluding hydrogens is 240 g/mol. The lowest BCUT2D eigenvalue weighted by Crippen LogP contribution is -2.00. The van der Waals surface area contributed by atoms with Gasteiger partial charge < -0.3 is 9.84 Å². The lowest BCUT2D eigenvalue weighted by molar-refractivity contribution is 0.101. The molecule has 0 aromatic heterocycles. The predicted octanol–water partition coefficient (Wildman–Crippen LogP) is 3.48. The molecule has 0 aliphatic heterocycles. The zero-order chi connectivity index (χ0) is 13.8. The number of ether oxygens (including phenoxy) is 1. The van der Waals surface area contributed by atoms with Crippen LogP contribution in [0.1, 0.15) is 28.4 Å². The van der Waals surface area contributed by atoms with Crippen molar-refractivity contribution in [3.8, 4) is 11.5 Å². The van der Waals surface area contributed by atoms with Crippen molar-refractivity contribution in [3.05, 3.63) is 59.2 Å². The van der Waals surface area contributed by atoms with Gasteiger partial charge in [0, 0.05) is 0 Å². The zero-order valence-corrected chi connectivity index (χ0v) is 11.0. The van der Waals surface area contributed by atoms with Gasteiger partial charge in [-0.2, -0.15) is 0 Å². The molecule has 0 fully saturated rings. The molecule has 2 rings (SSSR count). The van der Waals surface area contributed by atoms with E-state index in [1.807, 2.05) is 37.3 Å². The highest BCUT2D eigenvalue weighted by atomic mass is 16.5. The molecule has 0 saturated carbocycles. The molecule has 0 heterocycles. The number of rotatable bonds is 4. The average molecular weight is 256 g/mol. The Kier molecular flexibility index (Phi) is 3.85. The third kappa shape index (κ3) is 2.94. The lowest BCUT2D eigenvalue weighted by atomic mass is 10.1. The van der Waals surface area contributed by atoms with Crippen molar-refractivity contribution in [1.29, 1.82) is 0 Å². The van der Waals surface area contributed by atoms with Crippen LogP contribution in [0, 0.1) is 6.92 Å². The molecule has 0 unspecified atom stereocenters. The van der Waals surface area contributed by atoms with Gasteiger partial charge in [-0.15, -0.1) is 0 Å². The van der Waals surface area contributed by atoms with Crippen molar-refractivity contribution >= 4 is 5.78 Å². The van der Waals surface area contributed by atoms with Crippen LogP contribution in [-0.2, 0) is 6.61 Å². The number of aromatic hydroxyl groups is 1. The second-order valence-electron chi connectivity index (χ2n) is 4.44. The van der Waals surface area contributed by atoms with E-state index in [9.17, 15) is 9.90 Å². The van der Waals surface area contributed by atoms with Crippen molar-refractivity contribution in [2.45, 2.75) is 20.5 Å². The van der Waals surface area contributed by atoms with Crippen molar-refractivity contribution < 1.29 is 14.6 Å². The van der Waals surface area contributed by atoms with E-state index < -0.39 is 0 Å². The Hall–Kier alpha value is -2.29. The van der Waals surface area contributed by atoms with Crippen LogP contribution in [0.5, 0.6) is 11.5 Å². The fourth-order valence-electron chi connectivity index (χ4n) is 1.87. The summed E-state index contributed by atoms with van der Waals surface area (Å²) in [4.78, 5) is 11.4. The summed E-state index contributed by atoms with van der Waals surface area (Å²) in [5.74, 6) is 0.113. The highest BCUT2D eigenvalue weighted by Gasteiger charge is 2.14. The summed E-state index contributed by atoms with van der Waals surface area (Å²) >= 11 is 0. The van der Waals surface area contributed by atoms with Gasteiger partial charge >= 0.3 is 0 Å². The second-order valence-corrected chi connectivity index (χ2v) is 4.44. The highest BCUT2D eigenvalue weighted by Crippen LogP contribution is 2.34. The molecule has 1 N–H and O–H groups in total. The Morgan fingerprint density at radius 3 is 2.47 bits per heavy atom. The third-order valence-corrected chi connectivity index (χ3v) is 2.93. The summed E-state index contributed by atoms with van der Waals surface area (Å²) in [6.45, 7) is 3.62. The molecule has 3 nitrogen and oxygen atoms in total. The predicted molar refractivity (Wildman–Crippen MR) is 73.6 cm³/mol. The molecule has 3 heteroatoms. The number of phenolic OH excluding ortho intramolecular Hbond substituents is 1. The van der Waals surface area contributed by atoms with Crippen LogP contribution in [0.2, 0.25) is 0 Å². The van der Waals surface area contributed by atoms with Crippen LogP contribution >= 0.6 is 0 Å². The molecule has 0 spiro atoms. The van der Waals surface area contributed by atoms with Crippen molar-refractivity contribution in [2.24, 2.45) is 0 Å². The van der Waals surface area contributed by atoms with E-state index in [4.69, 9.17) is 4.74 Å². The van der Waals surface area contributed by atoms with Gasteiger partial charge in [0.15, 0.2) is 17.3 Å². The molecule has 0 amide bonds. The molecule has 0 aliphatic rings. The lowest BCUT2D eigenvalue weighted by Gasteiger charge is -2.13. The molecule has 98 valence electrons. The summed E-state index contributed by atoms with van der Waals surface area (Å²) in [5.41, 5.74) is 2.10. The summed E-state index contributed by atoms with van der Waals surface area (Å²) in [7, 11) is 0. The second kappa shape index (κ2) is 5.57. The Balaban J connectivity index is 2.25.